The Morgan fingerprint density at radius 1 is 0.561 bits per heavy atom. The van der Waals surface area contributed by atoms with Crippen molar-refractivity contribution < 1.29 is 4.42 Å². The Kier molecular flexibility index (Phi) is 4.67. The van der Waals surface area contributed by atoms with Gasteiger partial charge in [0.2, 0.25) is 0 Å². The molecule has 3 heterocycles. The maximum atomic E-state index is 6.47. The van der Waals surface area contributed by atoms with Crippen molar-refractivity contribution in [3.05, 3.63) is 156 Å². The van der Waals surface area contributed by atoms with Gasteiger partial charge in [-0.3, -0.25) is 4.99 Å². The predicted molar refractivity (Wildman–Crippen MR) is 169 cm³/mol. The Morgan fingerprint density at radius 3 is 2.17 bits per heavy atom. The second-order valence-corrected chi connectivity index (χ2v) is 10.7. The molecule has 192 valence electrons. The fourth-order valence-corrected chi connectivity index (χ4v) is 6.68. The standard InChI is InChI=1S/C38H24N2O/c1-2-10-24(11-3-1)35-29-13-4-7-15-31(29)39-37(35)25-18-20-26(21-19-25)40-32-16-8-5-14-30(32)36-33(40)23-22-28-27-12-6-9-17-34(27)41-38(28)36/h1-23,35H. The minimum Gasteiger partial charge on any atom is -0.455 e. The van der Waals surface area contributed by atoms with Crippen LogP contribution in [0.25, 0.3) is 49.4 Å². The summed E-state index contributed by atoms with van der Waals surface area (Å²) in [6.45, 7) is 0. The highest BCUT2D eigenvalue weighted by Gasteiger charge is 2.29. The highest BCUT2D eigenvalue weighted by atomic mass is 16.3. The van der Waals surface area contributed by atoms with Crippen LogP contribution in [0.2, 0.25) is 0 Å². The molecule has 0 aliphatic carbocycles. The molecule has 41 heavy (non-hydrogen) atoms. The van der Waals surface area contributed by atoms with Crippen LogP contribution < -0.4 is 0 Å². The van der Waals surface area contributed by atoms with E-state index in [9.17, 15) is 0 Å². The number of para-hydroxylation sites is 3. The molecule has 1 atom stereocenters. The number of nitrogens with zero attached hydrogens (tertiary/aromatic N) is 2. The van der Waals surface area contributed by atoms with Crippen LogP contribution in [0.4, 0.5) is 5.69 Å². The smallest absolute Gasteiger partial charge is 0.145 e. The van der Waals surface area contributed by atoms with Crippen LogP contribution in [-0.2, 0) is 0 Å². The fraction of sp³-hybridized carbons (Fsp3) is 0.0263. The molecule has 0 bridgehead atoms. The van der Waals surface area contributed by atoms with Crippen LogP contribution in [0.5, 0.6) is 0 Å². The van der Waals surface area contributed by atoms with Gasteiger partial charge >= 0.3 is 0 Å². The third-order valence-electron chi connectivity index (χ3n) is 8.50. The zero-order valence-corrected chi connectivity index (χ0v) is 22.2. The molecular formula is C38H24N2O. The van der Waals surface area contributed by atoms with Crippen molar-refractivity contribution in [2.45, 2.75) is 5.92 Å². The SMILES string of the molecule is c1ccc(C2C(c3ccc(-n4c5ccccc5c5c6oc7ccccc7c6ccc54)cc3)=Nc3ccccc32)cc1. The molecule has 8 aromatic rings. The Bertz CT molecular complexity index is 2300. The predicted octanol–water partition coefficient (Wildman–Crippen LogP) is 9.95. The third-order valence-corrected chi connectivity index (χ3v) is 8.50. The Labute approximate surface area is 236 Å². The summed E-state index contributed by atoms with van der Waals surface area (Å²) in [5.74, 6) is 0.118. The first-order valence-electron chi connectivity index (χ1n) is 14.0. The Balaban J connectivity index is 1.22. The Hall–Kier alpha value is -5.41. The highest BCUT2D eigenvalue weighted by Crippen LogP contribution is 2.43. The number of furan rings is 1. The molecule has 1 aliphatic rings. The van der Waals surface area contributed by atoms with Gasteiger partial charge < -0.3 is 8.98 Å². The monoisotopic (exact) mass is 524 g/mol. The summed E-state index contributed by atoms with van der Waals surface area (Å²) in [6.07, 6.45) is 0. The zero-order chi connectivity index (χ0) is 26.9. The summed E-state index contributed by atoms with van der Waals surface area (Å²) in [5, 5.41) is 4.64. The van der Waals surface area contributed by atoms with Gasteiger partial charge in [0.15, 0.2) is 0 Å². The minimum absolute atomic E-state index is 0.118. The van der Waals surface area contributed by atoms with E-state index in [0.717, 1.165) is 61.0 Å². The molecule has 0 fully saturated rings. The van der Waals surface area contributed by atoms with Gasteiger partial charge in [-0.1, -0.05) is 97.1 Å². The van der Waals surface area contributed by atoms with Gasteiger partial charge in [0, 0.05) is 21.8 Å². The number of hydrogen-bond donors (Lipinski definition) is 0. The molecule has 0 saturated carbocycles. The third kappa shape index (κ3) is 3.23. The number of aliphatic imine (C=N–C) groups is 1. The lowest BCUT2D eigenvalue weighted by molar-refractivity contribution is 0.673. The molecule has 6 aromatic carbocycles. The first-order valence-corrected chi connectivity index (χ1v) is 14.0. The summed E-state index contributed by atoms with van der Waals surface area (Å²) < 4.78 is 8.81. The van der Waals surface area contributed by atoms with Crippen molar-refractivity contribution in [1.82, 2.24) is 4.57 Å². The van der Waals surface area contributed by atoms with E-state index in [1.54, 1.807) is 0 Å². The van der Waals surface area contributed by atoms with Crippen LogP contribution >= 0.6 is 0 Å². The van der Waals surface area contributed by atoms with Crippen molar-refractivity contribution in [3.63, 3.8) is 0 Å². The summed E-state index contributed by atoms with van der Waals surface area (Å²) in [6, 6.07) is 49.4. The highest BCUT2D eigenvalue weighted by molar-refractivity contribution is 6.23. The lowest BCUT2D eigenvalue weighted by Gasteiger charge is -2.16. The van der Waals surface area contributed by atoms with E-state index in [1.165, 1.54) is 16.5 Å². The van der Waals surface area contributed by atoms with Crippen molar-refractivity contribution in [1.29, 1.82) is 0 Å². The molecule has 0 saturated heterocycles. The first-order chi connectivity index (χ1) is 20.3. The van der Waals surface area contributed by atoms with Crippen LogP contribution in [-0.4, -0.2) is 10.3 Å². The van der Waals surface area contributed by atoms with E-state index >= 15 is 0 Å². The summed E-state index contributed by atoms with van der Waals surface area (Å²) in [4.78, 5) is 5.12. The second kappa shape index (κ2) is 8.54. The summed E-state index contributed by atoms with van der Waals surface area (Å²) in [5.41, 5.74) is 11.1. The van der Waals surface area contributed by atoms with Gasteiger partial charge in [-0.2, -0.15) is 0 Å². The molecule has 2 aromatic heterocycles. The maximum Gasteiger partial charge on any atom is 0.145 e. The maximum absolute atomic E-state index is 6.47. The number of aromatic nitrogens is 1. The molecule has 0 amide bonds. The molecule has 9 rings (SSSR count). The molecule has 1 aliphatic heterocycles. The van der Waals surface area contributed by atoms with Crippen molar-refractivity contribution in [3.8, 4) is 5.69 Å². The van der Waals surface area contributed by atoms with E-state index in [-0.39, 0.29) is 5.92 Å². The van der Waals surface area contributed by atoms with Gasteiger partial charge in [-0.05, 0) is 59.2 Å². The normalized spacial score (nSPS) is 14.7. The van der Waals surface area contributed by atoms with Crippen molar-refractivity contribution >= 4 is 55.1 Å². The van der Waals surface area contributed by atoms with E-state index < -0.39 is 0 Å². The van der Waals surface area contributed by atoms with Gasteiger partial charge in [0.25, 0.3) is 0 Å². The largest absolute Gasteiger partial charge is 0.455 e. The average molecular weight is 525 g/mol. The Morgan fingerprint density at radius 2 is 1.29 bits per heavy atom. The van der Waals surface area contributed by atoms with E-state index in [4.69, 9.17) is 9.41 Å². The van der Waals surface area contributed by atoms with Crippen LogP contribution in [0.15, 0.2) is 149 Å². The zero-order valence-electron chi connectivity index (χ0n) is 22.2. The van der Waals surface area contributed by atoms with Crippen molar-refractivity contribution in [2.75, 3.05) is 0 Å². The lowest BCUT2D eigenvalue weighted by Crippen LogP contribution is -2.11. The van der Waals surface area contributed by atoms with Gasteiger partial charge in [-0.25, -0.2) is 0 Å². The van der Waals surface area contributed by atoms with E-state index in [0.29, 0.717) is 0 Å². The first kappa shape index (κ1) is 22.4. The quantitative estimate of drug-likeness (QED) is 0.226. The molecule has 0 spiro atoms. The number of hydrogen-bond acceptors (Lipinski definition) is 2. The van der Waals surface area contributed by atoms with Gasteiger partial charge in [-0.15, -0.1) is 0 Å². The van der Waals surface area contributed by atoms with E-state index in [1.807, 2.05) is 12.1 Å². The van der Waals surface area contributed by atoms with Crippen LogP contribution in [0.3, 0.4) is 0 Å². The molecular weight excluding hydrogens is 500 g/mol. The summed E-state index contributed by atoms with van der Waals surface area (Å²) >= 11 is 0. The number of rotatable bonds is 3. The van der Waals surface area contributed by atoms with Gasteiger partial charge in [0.1, 0.15) is 11.2 Å². The fourth-order valence-electron chi connectivity index (χ4n) is 6.68. The van der Waals surface area contributed by atoms with Crippen LogP contribution in [0, 0.1) is 0 Å². The topological polar surface area (TPSA) is 30.4 Å². The molecule has 3 nitrogen and oxygen atoms in total. The second-order valence-electron chi connectivity index (χ2n) is 10.7. The lowest BCUT2D eigenvalue weighted by atomic mass is 9.86. The molecule has 1 unspecified atom stereocenters. The van der Waals surface area contributed by atoms with Gasteiger partial charge in [0.05, 0.1) is 33.7 Å². The minimum atomic E-state index is 0.118. The van der Waals surface area contributed by atoms with Crippen molar-refractivity contribution in [2.24, 2.45) is 4.99 Å². The number of fused-ring (bicyclic) bond motifs is 8. The molecule has 0 radical (unpaired) electrons. The van der Waals surface area contributed by atoms with Crippen LogP contribution in [0.1, 0.15) is 22.6 Å². The summed E-state index contributed by atoms with van der Waals surface area (Å²) in [7, 11) is 0. The van der Waals surface area contributed by atoms with E-state index in [2.05, 4.69) is 132 Å². The molecule has 0 N–H and O–H groups in total. The number of benzene rings is 6. The molecule has 3 heteroatoms. The average Bonchev–Trinajstić information content (AvgIpc) is 3.71.